The first kappa shape index (κ1) is 18.7. The van der Waals surface area contributed by atoms with E-state index < -0.39 is 0 Å². The van der Waals surface area contributed by atoms with Gasteiger partial charge in [-0.3, -0.25) is 10.1 Å². The van der Waals surface area contributed by atoms with E-state index in [9.17, 15) is 10.1 Å². The van der Waals surface area contributed by atoms with E-state index >= 15 is 0 Å². The van der Waals surface area contributed by atoms with Gasteiger partial charge in [0.1, 0.15) is 6.54 Å². The van der Waals surface area contributed by atoms with Crippen LogP contribution in [0.5, 0.6) is 0 Å². The third-order valence-electron chi connectivity index (χ3n) is 5.02. The van der Waals surface area contributed by atoms with Gasteiger partial charge in [0.15, 0.2) is 5.16 Å². The lowest BCUT2D eigenvalue weighted by molar-refractivity contribution is -0.900. The summed E-state index contributed by atoms with van der Waals surface area (Å²) in [6.45, 7) is 4.59. The molecule has 9 heteroatoms. The molecule has 8 nitrogen and oxygen atoms in total. The molecule has 3 N–H and O–H groups in total. The molecule has 0 amide bonds. The monoisotopic (exact) mass is 400 g/mol. The van der Waals surface area contributed by atoms with Crippen molar-refractivity contribution in [1.29, 1.82) is 0 Å². The number of para-hydroxylation sites is 2. The lowest BCUT2D eigenvalue weighted by atomic mass is 10.2. The number of quaternary nitrogens is 1. The van der Waals surface area contributed by atoms with Crippen molar-refractivity contribution in [2.75, 3.05) is 44.2 Å². The van der Waals surface area contributed by atoms with Crippen molar-refractivity contribution in [2.24, 2.45) is 0 Å². The van der Waals surface area contributed by atoms with Gasteiger partial charge in [0.25, 0.3) is 5.69 Å². The summed E-state index contributed by atoms with van der Waals surface area (Å²) in [6, 6.07) is 13.0. The van der Waals surface area contributed by atoms with Gasteiger partial charge in [0, 0.05) is 11.8 Å². The van der Waals surface area contributed by atoms with Crippen LogP contribution in [0.2, 0.25) is 0 Å². The van der Waals surface area contributed by atoms with Crippen molar-refractivity contribution in [3.63, 3.8) is 0 Å². The van der Waals surface area contributed by atoms with E-state index in [1.165, 1.54) is 16.7 Å². The first-order chi connectivity index (χ1) is 13.6. The molecule has 0 spiro atoms. The number of nitrogens with zero attached hydrogens (tertiary/aromatic N) is 3. The lowest BCUT2D eigenvalue weighted by Crippen LogP contribution is -3.15. The molecule has 1 saturated heterocycles. The van der Waals surface area contributed by atoms with Crippen molar-refractivity contribution in [1.82, 2.24) is 9.97 Å². The van der Waals surface area contributed by atoms with Crippen molar-refractivity contribution in [3.8, 4) is 0 Å². The Morgan fingerprint density at radius 2 is 2.04 bits per heavy atom. The number of aliphatic hydroxyl groups is 1. The van der Waals surface area contributed by atoms with Crippen molar-refractivity contribution in [3.05, 3.63) is 52.6 Å². The van der Waals surface area contributed by atoms with Gasteiger partial charge in [-0.25, -0.2) is 4.98 Å². The Hall–Kier alpha value is -2.62. The van der Waals surface area contributed by atoms with Crippen LogP contribution in [0, 0.1) is 10.1 Å². The van der Waals surface area contributed by atoms with E-state index in [1.807, 2.05) is 36.4 Å². The zero-order valence-electron chi connectivity index (χ0n) is 15.3. The molecule has 28 heavy (non-hydrogen) atoms. The van der Waals surface area contributed by atoms with Gasteiger partial charge < -0.3 is 19.9 Å². The largest absolute Gasteiger partial charge is 0.391 e. The number of nitrogens with one attached hydrogen (secondary N) is 2. The number of aromatic nitrogens is 2. The standard InChI is InChI=1S/C19H21N5O3S/c25-12-11-22-7-9-23(10-8-22)14-5-6-17(24(26)27)18(13-14)28-19-20-15-3-1-2-4-16(15)21-19/h1-6,13,25H,7-12H2,(H,20,21)/p+1. The molecular formula is C19H22N5O3S+. The minimum atomic E-state index is -0.349. The SMILES string of the molecule is O=[N+]([O-])c1ccc(N2CC[NH+](CCO)CC2)cc1Sc1nc2ccccc2[nH]1. The Labute approximate surface area is 166 Å². The molecular weight excluding hydrogens is 378 g/mol. The van der Waals surface area contributed by atoms with Gasteiger partial charge in [-0.1, -0.05) is 12.1 Å². The van der Waals surface area contributed by atoms with E-state index in [2.05, 4.69) is 14.9 Å². The van der Waals surface area contributed by atoms with E-state index in [4.69, 9.17) is 5.11 Å². The average molecular weight is 400 g/mol. The minimum Gasteiger partial charge on any atom is -0.391 e. The third kappa shape index (κ3) is 3.96. The number of nitro groups is 1. The number of piperazine rings is 1. The van der Waals surface area contributed by atoms with Gasteiger partial charge in [0.05, 0.1) is 53.6 Å². The first-order valence-electron chi connectivity index (χ1n) is 9.24. The second-order valence-corrected chi connectivity index (χ2v) is 7.81. The molecule has 3 aromatic rings. The Kier molecular flexibility index (Phi) is 5.47. The predicted molar refractivity (Wildman–Crippen MR) is 108 cm³/mol. The van der Waals surface area contributed by atoms with Crippen LogP contribution in [0.3, 0.4) is 0 Å². The average Bonchev–Trinajstić information content (AvgIpc) is 3.11. The second kappa shape index (κ2) is 8.17. The van der Waals surface area contributed by atoms with Crippen LogP contribution < -0.4 is 9.80 Å². The first-order valence-corrected chi connectivity index (χ1v) is 10.1. The maximum Gasteiger partial charge on any atom is 0.283 e. The van der Waals surface area contributed by atoms with Crippen molar-refractivity contribution < 1.29 is 14.9 Å². The fraction of sp³-hybridized carbons (Fsp3) is 0.316. The molecule has 1 aliphatic heterocycles. The predicted octanol–water partition coefficient (Wildman–Crippen LogP) is 1.32. The molecule has 4 rings (SSSR count). The van der Waals surface area contributed by atoms with E-state index in [0.717, 1.165) is 49.4 Å². The van der Waals surface area contributed by atoms with Crippen LogP contribution in [0.4, 0.5) is 11.4 Å². The Bertz CT molecular complexity index is 952. The molecule has 146 valence electrons. The third-order valence-corrected chi connectivity index (χ3v) is 5.95. The van der Waals surface area contributed by atoms with Crippen LogP contribution in [-0.4, -0.2) is 59.3 Å². The number of nitro benzene ring substituents is 1. The number of aromatic amines is 1. The zero-order chi connectivity index (χ0) is 19.5. The highest BCUT2D eigenvalue weighted by Gasteiger charge is 2.23. The van der Waals surface area contributed by atoms with Crippen molar-refractivity contribution >= 4 is 34.2 Å². The highest BCUT2D eigenvalue weighted by atomic mass is 32.2. The molecule has 1 aliphatic rings. The summed E-state index contributed by atoms with van der Waals surface area (Å²) < 4.78 is 0. The van der Waals surface area contributed by atoms with E-state index in [1.54, 1.807) is 6.07 Å². The fourth-order valence-corrected chi connectivity index (χ4v) is 4.44. The van der Waals surface area contributed by atoms with Crippen LogP contribution in [-0.2, 0) is 0 Å². The highest BCUT2D eigenvalue weighted by molar-refractivity contribution is 7.99. The Morgan fingerprint density at radius 3 is 2.75 bits per heavy atom. The van der Waals surface area contributed by atoms with Crippen molar-refractivity contribution in [2.45, 2.75) is 10.1 Å². The molecule has 0 bridgehead atoms. The molecule has 1 aromatic heterocycles. The minimum absolute atomic E-state index is 0.0822. The summed E-state index contributed by atoms with van der Waals surface area (Å²) in [5.74, 6) is 0. The lowest BCUT2D eigenvalue weighted by Gasteiger charge is -2.33. The number of rotatable bonds is 6. The molecule has 0 radical (unpaired) electrons. The van der Waals surface area contributed by atoms with Gasteiger partial charge >= 0.3 is 0 Å². The quantitative estimate of drug-likeness (QED) is 0.426. The summed E-state index contributed by atoms with van der Waals surface area (Å²) in [7, 11) is 0. The number of imidazole rings is 1. The van der Waals surface area contributed by atoms with Gasteiger partial charge in [-0.2, -0.15) is 0 Å². The number of fused-ring (bicyclic) bond motifs is 1. The molecule has 1 fully saturated rings. The second-order valence-electron chi connectivity index (χ2n) is 6.78. The normalized spacial score (nSPS) is 15.2. The van der Waals surface area contributed by atoms with Gasteiger partial charge in [-0.15, -0.1) is 0 Å². The Balaban J connectivity index is 1.58. The maximum atomic E-state index is 11.5. The summed E-state index contributed by atoms with van der Waals surface area (Å²) in [6.07, 6.45) is 0. The molecule has 0 saturated carbocycles. The maximum absolute atomic E-state index is 11.5. The smallest absolute Gasteiger partial charge is 0.283 e. The summed E-state index contributed by atoms with van der Waals surface area (Å²) in [5, 5.41) is 21.2. The highest BCUT2D eigenvalue weighted by Crippen LogP contribution is 2.37. The van der Waals surface area contributed by atoms with E-state index in [-0.39, 0.29) is 17.2 Å². The number of benzene rings is 2. The van der Waals surface area contributed by atoms with Crippen LogP contribution in [0.1, 0.15) is 0 Å². The number of H-pyrrole nitrogens is 1. The van der Waals surface area contributed by atoms with Gasteiger partial charge in [-0.05, 0) is 36.0 Å². The van der Waals surface area contributed by atoms with Crippen LogP contribution in [0.15, 0.2) is 52.5 Å². The topological polar surface area (TPSA) is 99.7 Å². The summed E-state index contributed by atoms with van der Waals surface area (Å²) in [5.41, 5.74) is 2.81. The van der Waals surface area contributed by atoms with Crippen LogP contribution in [0.25, 0.3) is 11.0 Å². The Morgan fingerprint density at radius 1 is 1.25 bits per heavy atom. The number of hydrogen-bond donors (Lipinski definition) is 3. The summed E-state index contributed by atoms with van der Waals surface area (Å²) >= 11 is 1.28. The zero-order valence-corrected chi connectivity index (χ0v) is 16.1. The fourth-order valence-electron chi connectivity index (χ4n) is 3.50. The van der Waals surface area contributed by atoms with E-state index in [0.29, 0.717) is 10.1 Å². The van der Waals surface area contributed by atoms with Crippen LogP contribution >= 0.6 is 11.8 Å². The van der Waals surface area contributed by atoms with Gasteiger partial charge in [0.2, 0.25) is 0 Å². The summed E-state index contributed by atoms with van der Waals surface area (Å²) in [4.78, 5) is 23.1. The molecule has 0 unspecified atom stereocenters. The number of aliphatic hydroxyl groups excluding tert-OH is 1. The molecule has 2 heterocycles. The molecule has 2 aromatic carbocycles. The number of anilines is 1. The number of hydrogen-bond acceptors (Lipinski definition) is 6. The molecule has 0 atom stereocenters. The molecule has 0 aliphatic carbocycles.